The molecular weight excluding hydrogens is 635 g/mol. The van der Waals surface area contributed by atoms with Crippen LogP contribution in [0.4, 0.5) is 24.1 Å². The molecule has 2 aromatic heterocycles. The van der Waals surface area contributed by atoms with Crippen molar-refractivity contribution in [3.8, 4) is 0 Å². The number of halogens is 3. The Morgan fingerprint density at radius 2 is 1.60 bits per heavy atom. The molecule has 0 radical (unpaired) electrons. The first-order valence-corrected chi connectivity index (χ1v) is 15.7. The summed E-state index contributed by atoms with van der Waals surface area (Å²) >= 11 is 1.34. The van der Waals surface area contributed by atoms with E-state index in [4.69, 9.17) is 0 Å². The van der Waals surface area contributed by atoms with E-state index in [0.717, 1.165) is 34.7 Å². The van der Waals surface area contributed by atoms with E-state index in [1.165, 1.54) is 11.3 Å². The molecule has 4 aromatic rings. The van der Waals surface area contributed by atoms with Crippen molar-refractivity contribution >= 4 is 34.1 Å². The second-order valence-electron chi connectivity index (χ2n) is 11.2. The summed E-state index contributed by atoms with van der Waals surface area (Å²) in [7, 11) is 0. The average molecular weight is 672 g/mol. The average Bonchev–Trinajstić information content (AvgIpc) is 3.45. The number of unbranched alkanes of at least 4 members (excludes halogenated alkanes) is 1. The Bertz CT molecular complexity index is 1600. The lowest BCUT2D eigenvalue weighted by Gasteiger charge is -2.25. The Morgan fingerprint density at radius 1 is 0.872 bits per heavy atom. The largest absolute Gasteiger partial charge is 0.417 e. The van der Waals surface area contributed by atoms with Gasteiger partial charge in [0, 0.05) is 19.4 Å². The number of anilines is 2. The highest BCUT2D eigenvalue weighted by Gasteiger charge is 2.50. The number of aliphatic hydroxyl groups is 2. The highest BCUT2D eigenvalue weighted by atomic mass is 32.1. The maximum absolute atomic E-state index is 12.8. The third-order valence-electron chi connectivity index (χ3n) is 7.05. The van der Waals surface area contributed by atoms with E-state index in [0.29, 0.717) is 36.3 Å². The number of rotatable bonds is 16. The van der Waals surface area contributed by atoms with E-state index in [2.05, 4.69) is 36.3 Å². The Morgan fingerprint density at radius 3 is 2.32 bits per heavy atom. The fourth-order valence-corrected chi connectivity index (χ4v) is 5.31. The Labute approximate surface area is 273 Å². The second-order valence-corrected chi connectivity index (χ2v) is 12.3. The van der Waals surface area contributed by atoms with Crippen molar-refractivity contribution in [2.45, 2.75) is 76.4 Å². The van der Waals surface area contributed by atoms with E-state index >= 15 is 0 Å². The van der Waals surface area contributed by atoms with Gasteiger partial charge >= 0.3 is 6.18 Å². The molecule has 0 fully saturated rings. The van der Waals surface area contributed by atoms with Crippen molar-refractivity contribution in [1.29, 1.82) is 0 Å². The molecule has 47 heavy (non-hydrogen) atoms. The smallest absolute Gasteiger partial charge is 0.380 e. The molecule has 0 saturated heterocycles. The quantitative estimate of drug-likeness (QED) is 0.0861. The lowest BCUT2D eigenvalue weighted by molar-refractivity contribution is -0.253. The van der Waals surface area contributed by atoms with Crippen LogP contribution in [0.1, 0.15) is 53.6 Å². The Kier molecular flexibility index (Phi) is 12.3. The molecule has 5 N–H and O–H groups in total. The zero-order valence-electron chi connectivity index (χ0n) is 25.6. The van der Waals surface area contributed by atoms with E-state index in [1.54, 1.807) is 30.3 Å². The monoisotopic (exact) mass is 671 g/mol. The molecule has 2 heterocycles. The number of nitrogens with one attached hydrogen (secondary N) is 3. The van der Waals surface area contributed by atoms with Crippen LogP contribution in [-0.2, 0) is 41.8 Å². The molecule has 4 rings (SSSR count). The van der Waals surface area contributed by atoms with Crippen LogP contribution in [0.15, 0.2) is 66.7 Å². The summed E-state index contributed by atoms with van der Waals surface area (Å²) in [6, 6.07) is 19.9. The van der Waals surface area contributed by atoms with Crippen molar-refractivity contribution in [3.63, 3.8) is 0 Å². The number of carbonyl (C=O) groups is 2. The summed E-state index contributed by atoms with van der Waals surface area (Å²) in [6.45, 7) is 0.521. The highest BCUT2D eigenvalue weighted by Crippen LogP contribution is 2.32. The van der Waals surface area contributed by atoms with Gasteiger partial charge in [-0.1, -0.05) is 65.9 Å². The highest BCUT2D eigenvalue weighted by molar-refractivity contribution is 7.15. The van der Waals surface area contributed by atoms with Crippen LogP contribution in [0.5, 0.6) is 0 Å². The van der Waals surface area contributed by atoms with Gasteiger partial charge in [-0.15, -0.1) is 15.3 Å². The van der Waals surface area contributed by atoms with Gasteiger partial charge in [0.2, 0.25) is 16.9 Å². The molecule has 2 atom stereocenters. The molecule has 0 aliphatic heterocycles. The normalized spacial score (nSPS) is 13.4. The summed E-state index contributed by atoms with van der Waals surface area (Å²) < 4.78 is 38.5. The number of aryl methyl sites for hydroxylation is 2. The molecule has 15 heteroatoms. The van der Waals surface area contributed by atoms with Crippen LogP contribution < -0.4 is 16.0 Å². The number of aliphatic hydroxyl groups excluding tert-OH is 1. The minimum Gasteiger partial charge on any atom is -0.380 e. The molecule has 2 unspecified atom stereocenters. The van der Waals surface area contributed by atoms with Gasteiger partial charge in [-0.3, -0.25) is 9.59 Å². The number of amides is 2. The van der Waals surface area contributed by atoms with Gasteiger partial charge in [-0.2, -0.15) is 18.3 Å². The summed E-state index contributed by atoms with van der Waals surface area (Å²) in [4.78, 5) is 24.1. The van der Waals surface area contributed by atoms with Crippen molar-refractivity contribution in [2.75, 3.05) is 10.6 Å². The summed E-state index contributed by atoms with van der Waals surface area (Å²) in [5.41, 5.74) is -0.0303. The summed E-state index contributed by atoms with van der Waals surface area (Å²) in [5.74, 6) is -0.689. The van der Waals surface area contributed by atoms with Crippen LogP contribution in [-0.4, -0.2) is 60.4 Å². The third-order valence-corrected chi connectivity index (χ3v) is 7.97. The van der Waals surface area contributed by atoms with Crippen molar-refractivity contribution < 1.29 is 33.0 Å². The Hall–Kier alpha value is -4.47. The van der Waals surface area contributed by atoms with Gasteiger partial charge in [-0.25, -0.2) is 0 Å². The maximum atomic E-state index is 12.8. The summed E-state index contributed by atoms with van der Waals surface area (Å²) in [5, 5.41) is 46.0. The molecule has 0 aliphatic rings. The predicted molar refractivity (Wildman–Crippen MR) is 170 cm³/mol. The Balaban J connectivity index is 1.14. The lowest BCUT2D eigenvalue weighted by Crippen LogP contribution is -2.46. The molecular formula is C32H36F3N7O4S. The molecule has 0 spiro atoms. The first-order chi connectivity index (χ1) is 22.4. The van der Waals surface area contributed by atoms with Crippen molar-refractivity contribution in [3.05, 3.63) is 94.1 Å². The fourth-order valence-electron chi connectivity index (χ4n) is 4.48. The van der Waals surface area contributed by atoms with Crippen LogP contribution in [0.3, 0.4) is 0 Å². The molecule has 0 aliphatic carbocycles. The van der Waals surface area contributed by atoms with Gasteiger partial charge in [0.25, 0.3) is 0 Å². The number of carbonyl (C=O) groups excluding carboxylic acids is 2. The fraction of sp³-hybridized carbons (Fsp3) is 0.375. The van der Waals surface area contributed by atoms with E-state index in [-0.39, 0.29) is 25.3 Å². The number of benzene rings is 2. The second kappa shape index (κ2) is 16.4. The topological polar surface area (TPSA) is 162 Å². The number of aromatic nitrogens is 4. The van der Waals surface area contributed by atoms with E-state index in [1.807, 2.05) is 36.4 Å². The predicted octanol–water partition coefficient (Wildman–Crippen LogP) is 4.37. The van der Waals surface area contributed by atoms with Crippen LogP contribution in [0, 0.1) is 0 Å². The number of hydrogen-bond acceptors (Lipinski definition) is 10. The third kappa shape index (κ3) is 11.7. The van der Waals surface area contributed by atoms with Crippen molar-refractivity contribution in [2.24, 2.45) is 0 Å². The standard InChI is InChI=1S/C32H36F3N7O4S/c1-31(46,32(33,34)35)19-28(45)36-20-23-11-7-10-22(16-23)18-27(44)38-30-42-41-29(47-30)13-6-5-12-24-14-15-25(40-39-24)37-26(43)17-21-8-3-2-4-9-21/h2-4,7-11,14-16,27,44,46H,5-6,12-13,17-20H2,1H3,(H,36,45)(H,38,42)(H,37,40,43). The van der Waals surface area contributed by atoms with Gasteiger partial charge in [0.1, 0.15) is 11.2 Å². The summed E-state index contributed by atoms with van der Waals surface area (Å²) in [6.07, 6.45) is -3.45. The number of hydrogen-bond donors (Lipinski definition) is 5. The number of nitrogens with zero attached hydrogens (tertiary/aromatic N) is 4. The minimum atomic E-state index is -4.92. The maximum Gasteiger partial charge on any atom is 0.417 e. The molecule has 2 amide bonds. The minimum absolute atomic E-state index is 0.0326. The van der Waals surface area contributed by atoms with Crippen LogP contribution >= 0.6 is 11.3 Å². The molecule has 2 aromatic carbocycles. The zero-order valence-corrected chi connectivity index (χ0v) is 26.4. The first-order valence-electron chi connectivity index (χ1n) is 14.9. The molecule has 250 valence electrons. The van der Waals surface area contributed by atoms with Crippen LogP contribution in [0.25, 0.3) is 0 Å². The van der Waals surface area contributed by atoms with Crippen molar-refractivity contribution in [1.82, 2.24) is 25.7 Å². The first kappa shape index (κ1) is 35.4. The zero-order chi connectivity index (χ0) is 33.9. The van der Waals surface area contributed by atoms with Gasteiger partial charge in [0.15, 0.2) is 11.4 Å². The lowest BCUT2D eigenvalue weighted by atomic mass is 10.0. The van der Waals surface area contributed by atoms with Gasteiger partial charge < -0.3 is 26.2 Å². The SMILES string of the molecule is CC(O)(CC(=O)NCc1cccc(CC(O)Nc2nnc(CCCCc3ccc(NC(=O)Cc4ccccc4)nn3)s2)c1)C(F)(F)F. The van der Waals surface area contributed by atoms with Crippen LogP contribution in [0.2, 0.25) is 0 Å². The van der Waals surface area contributed by atoms with Gasteiger partial charge in [0.05, 0.1) is 18.5 Å². The molecule has 11 nitrogen and oxygen atoms in total. The number of alkyl halides is 3. The molecule has 0 saturated carbocycles. The van der Waals surface area contributed by atoms with E-state index < -0.39 is 30.3 Å². The van der Waals surface area contributed by atoms with E-state index in [9.17, 15) is 33.0 Å². The molecule has 0 bridgehead atoms. The van der Waals surface area contributed by atoms with Gasteiger partial charge in [-0.05, 0) is 55.0 Å².